The number of ether oxygens (including phenoxy) is 4. The van der Waals surface area contributed by atoms with Crippen LogP contribution < -0.4 is 18.9 Å². The lowest BCUT2D eigenvalue weighted by Gasteiger charge is -2.20. The smallest absolute Gasteiger partial charge is 0.161 e. The van der Waals surface area contributed by atoms with Crippen molar-refractivity contribution in [2.75, 3.05) is 39.1 Å². The molecule has 0 heterocycles. The predicted molar refractivity (Wildman–Crippen MR) is 132 cm³/mol. The topological polar surface area (TPSA) is 36.9 Å². The molecule has 4 nitrogen and oxygen atoms in total. The zero-order valence-corrected chi connectivity index (χ0v) is 21.1. The van der Waals surface area contributed by atoms with Gasteiger partial charge < -0.3 is 18.9 Å². The Balaban J connectivity index is 2.49. The fraction of sp³-hybridized carbons (Fsp3) is 0.417. The van der Waals surface area contributed by atoms with Gasteiger partial charge in [0.15, 0.2) is 23.0 Å². The standard InChI is InChI=1S/C24H28Br2O4/c1-27-21-11-17-15(7-5-9-25)19-13-23(29-3)24(30-4)14-20(19)16(8-6-10-26)18(17)12-22(21)28-2/h11-14H,5-10H2,1-4H3. The van der Waals surface area contributed by atoms with Crippen LogP contribution in [0.25, 0.3) is 21.5 Å². The van der Waals surface area contributed by atoms with Crippen LogP contribution in [0.5, 0.6) is 23.0 Å². The van der Waals surface area contributed by atoms with Gasteiger partial charge in [0, 0.05) is 10.7 Å². The molecular formula is C24H28Br2O4. The molecule has 30 heavy (non-hydrogen) atoms. The fourth-order valence-electron chi connectivity index (χ4n) is 4.07. The van der Waals surface area contributed by atoms with E-state index in [1.165, 1.54) is 32.7 Å². The summed E-state index contributed by atoms with van der Waals surface area (Å²) in [5.41, 5.74) is 2.59. The third kappa shape index (κ3) is 4.35. The van der Waals surface area contributed by atoms with E-state index in [4.69, 9.17) is 18.9 Å². The van der Waals surface area contributed by atoms with Gasteiger partial charge in [-0.15, -0.1) is 0 Å². The summed E-state index contributed by atoms with van der Waals surface area (Å²) in [6.07, 6.45) is 3.96. The first-order valence-electron chi connectivity index (χ1n) is 10.0. The van der Waals surface area contributed by atoms with Crippen LogP contribution in [-0.2, 0) is 12.8 Å². The van der Waals surface area contributed by atoms with Gasteiger partial charge >= 0.3 is 0 Å². The number of benzene rings is 3. The van der Waals surface area contributed by atoms with E-state index >= 15 is 0 Å². The van der Waals surface area contributed by atoms with Gasteiger partial charge in [0.05, 0.1) is 28.4 Å². The maximum Gasteiger partial charge on any atom is 0.161 e. The van der Waals surface area contributed by atoms with Crippen LogP contribution in [-0.4, -0.2) is 39.1 Å². The zero-order valence-electron chi connectivity index (χ0n) is 17.9. The van der Waals surface area contributed by atoms with Crippen molar-refractivity contribution in [3.8, 4) is 23.0 Å². The van der Waals surface area contributed by atoms with Crippen molar-refractivity contribution in [3.05, 3.63) is 35.4 Å². The Labute approximate surface area is 195 Å². The molecule has 0 unspecified atom stereocenters. The molecule has 6 heteroatoms. The Bertz CT molecular complexity index is 878. The SMILES string of the molecule is COc1cc2c(CCCBr)c3cc(OC)c(OC)cc3c(CCCBr)c2cc1OC. The summed E-state index contributed by atoms with van der Waals surface area (Å²) in [5, 5.41) is 6.72. The van der Waals surface area contributed by atoms with Crippen molar-refractivity contribution in [2.24, 2.45) is 0 Å². The molecule has 3 rings (SSSR count). The highest BCUT2D eigenvalue weighted by Crippen LogP contribution is 2.43. The highest BCUT2D eigenvalue weighted by molar-refractivity contribution is 9.09. The second-order valence-electron chi connectivity index (χ2n) is 7.05. The summed E-state index contributed by atoms with van der Waals surface area (Å²) < 4.78 is 22.5. The average Bonchev–Trinajstić information content (AvgIpc) is 2.79. The molecular weight excluding hydrogens is 512 g/mol. The number of halogens is 2. The monoisotopic (exact) mass is 538 g/mol. The Morgan fingerprint density at radius 1 is 0.533 bits per heavy atom. The summed E-state index contributed by atoms with van der Waals surface area (Å²) in [5.74, 6) is 2.99. The summed E-state index contributed by atoms with van der Waals surface area (Å²) >= 11 is 7.18. The Morgan fingerprint density at radius 3 is 1.00 bits per heavy atom. The van der Waals surface area contributed by atoms with Gasteiger partial charge in [0.2, 0.25) is 0 Å². The lowest BCUT2D eigenvalue weighted by atomic mass is 9.87. The third-order valence-corrected chi connectivity index (χ3v) is 6.59. The molecule has 0 fully saturated rings. The van der Waals surface area contributed by atoms with E-state index in [9.17, 15) is 0 Å². The van der Waals surface area contributed by atoms with E-state index in [1.54, 1.807) is 28.4 Å². The third-order valence-electron chi connectivity index (χ3n) is 5.47. The first-order chi connectivity index (χ1) is 14.6. The van der Waals surface area contributed by atoms with Crippen LogP contribution in [0.2, 0.25) is 0 Å². The number of hydrogen-bond donors (Lipinski definition) is 0. The molecule has 0 bridgehead atoms. The highest BCUT2D eigenvalue weighted by atomic mass is 79.9. The number of alkyl halides is 2. The van der Waals surface area contributed by atoms with Gasteiger partial charge in [-0.1, -0.05) is 31.9 Å². The van der Waals surface area contributed by atoms with Crippen LogP contribution in [0, 0.1) is 0 Å². The lowest BCUT2D eigenvalue weighted by Crippen LogP contribution is -2.01. The van der Waals surface area contributed by atoms with Crippen molar-refractivity contribution < 1.29 is 18.9 Å². The van der Waals surface area contributed by atoms with Crippen LogP contribution >= 0.6 is 31.9 Å². The lowest BCUT2D eigenvalue weighted by molar-refractivity contribution is 0.355. The molecule has 0 aromatic heterocycles. The molecule has 0 amide bonds. The minimum absolute atomic E-state index is 0.747. The molecule has 0 spiro atoms. The molecule has 3 aromatic rings. The van der Waals surface area contributed by atoms with E-state index in [1.807, 2.05) is 0 Å². The minimum atomic E-state index is 0.747. The van der Waals surface area contributed by atoms with Crippen molar-refractivity contribution in [1.82, 2.24) is 0 Å². The van der Waals surface area contributed by atoms with Crippen molar-refractivity contribution >= 4 is 53.4 Å². The molecule has 0 aliphatic heterocycles. The molecule has 0 N–H and O–H groups in total. The number of methoxy groups -OCH3 is 4. The van der Waals surface area contributed by atoms with Crippen molar-refractivity contribution in [3.63, 3.8) is 0 Å². The number of aryl methyl sites for hydroxylation is 2. The van der Waals surface area contributed by atoms with Gasteiger partial charge in [-0.3, -0.25) is 0 Å². The molecule has 0 radical (unpaired) electrons. The maximum absolute atomic E-state index is 5.63. The van der Waals surface area contributed by atoms with E-state index in [0.717, 1.165) is 59.3 Å². The van der Waals surface area contributed by atoms with Gasteiger partial charge in [-0.05, 0) is 82.6 Å². The molecule has 0 saturated heterocycles. The largest absolute Gasteiger partial charge is 0.493 e. The molecule has 0 saturated carbocycles. The zero-order chi connectivity index (χ0) is 21.7. The molecule has 0 atom stereocenters. The van der Waals surface area contributed by atoms with Gasteiger partial charge in [0.1, 0.15) is 0 Å². The minimum Gasteiger partial charge on any atom is -0.493 e. The number of hydrogen-bond acceptors (Lipinski definition) is 4. The van der Waals surface area contributed by atoms with Crippen LogP contribution in [0.4, 0.5) is 0 Å². The van der Waals surface area contributed by atoms with E-state index in [0.29, 0.717) is 0 Å². The molecule has 162 valence electrons. The van der Waals surface area contributed by atoms with E-state index in [2.05, 4.69) is 56.1 Å². The van der Waals surface area contributed by atoms with E-state index < -0.39 is 0 Å². The molecule has 3 aromatic carbocycles. The van der Waals surface area contributed by atoms with Crippen molar-refractivity contribution in [1.29, 1.82) is 0 Å². The van der Waals surface area contributed by atoms with Crippen molar-refractivity contribution in [2.45, 2.75) is 25.7 Å². The van der Waals surface area contributed by atoms with Gasteiger partial charge in [-0.25, -0.2) is 0 Å². The van der Waals surface area contributed by atoms with Crippen LogP contribution in [0.15, 0.2) is 24.3 Å². The first-order valence-corrected chi connectivity index (χ1v) is 12.2. The summed E-state index contributed by atoms with van der Waals surface area (Å²) in [6.45, 7) is 0. The highest BCUT2D eigenvalue weighted by Gasteiger charge is 2.19. The molecule has 0 aliphatic carbocycles. The summed E-state index contributed by atoms with van der Waals surface area (Å²) in [4.78, 5) is 0. The normalized spacial score (nSPS) is 11.1. The second kappa shape index (κ2) is 10.6. The second-order valence-corrected chi connectivity index (χ2v) is 8.63. The first kappa shape index (κ1) is 23.0. The quantitative estimate of drug-likeness (QED) is 0.212. The fourth-order valence-corrected chi connectivity index (χ4v) is 4.63. The van der Waals surface area contributed by atoms with Crippen LogP contribution in [0.1, 0.15) is 24.0 Å². The summed E-state index contributed by atoms with van der Waals surface area (Å²) in [7, 11) is 6.73. The summed E-state index contributed by atoms with van der Waals surface area (Å²) in [6, 6.07) is 8.47. The number of fused-ring (bicyclic) bond motifs is 2. The maximum atomic E-state index is 5.63. The van der Waals surface area contributed by atoms with Gasteiger partial charge in [0.25, 0.3) is 0 Å². The van der Waals surface area contributed by atoms with Gasteiger partial charge in [-0.2, -0.15) is 0 Å². The Morgan fingerprint density at radius 2 is 0.800 bits per heavy atom. The van der Waals surface area contributed by atoms with Crippen LogP contribution in [0.3, 0.4) is 0 Å². The predicted octanol–water partition coefficient (Wildman–Crippen LogP) is 6.68. The van der Waals surface area contributed by atoms with E-state index in [-0.39, 0.29) is 0 Å². The number of rotatable bonds is 10. The Kier molecular flexibility index (Phi) is 8.12. The average molecular weight is 540 g/mol. The molecule has 0 aliphatic rings. The Hall–Kier alpha value is -1.66.